The third-order valence-electron chi connectivity index (χ3n) is 1.58. The number of hydrogen-bond donors (Lipinski definition) is 2. The van der Waals surface area contributed by atoms with Crippen LogP contribution in [0, 0.1) is 0 Å². The lowest BCUT2D eigenvalue weighted by molar-refractivity contribution is -0.118. The molecule has 0 saturated heterocycles. The zero-order valence-electron chi connectivity index (χ0n) is 7.14. The van der Waals surface area contributed by atoms with Crippen LogP contribution in [0.4, 0.5) is 0 Å². The van der Waals surface area contributed by atoms with Crippen LogP contribution in [0.5, 0.6) is 0 Å². The van der Waals surface area contributed by atoms with Crippen molar-refractivity contribution in [3.63, 3.8) is 0 Å². The van der Waals surface area contributed by atoms with Gasteiger partial charge in [-0.25, -0.2) is 4.79 Å². The number of carboxylic acids is 1. The SMILES string of the molecule is NC(=O)Cn1cccc(C(=O)O)c1=O. The van der Waals surface area contributed by atoms with Crippen LogP contribution in [-0.4, -0.2) is 21.6 Å². The summed E-state index contributed by atoms with van der Waals surface area (Å²) in [6.45, 7) is -0.319. The fourth-order valence-corrected chi connectivity index (χ4v) is 0.992. The molecular weight excluding hydrogens is 188 g/mol. The van der Waals surface area contributed by atoms with E-state index in [0.29, 0.717) is 0 Å². The van der Waals surface area contributed by atoms with E-state index in [4.69, 9.17) is 10.8 Å². The highest BCUT2D eigenvalue weighted by molar-refractivity contribution is 5.87. The van der Waals surface area contributed by atoms with Crippen LogP contribution in [0.3, 0.4) is 0 Å². The summed E-state index contributed by atoms with van der Waals surface area (Å²) in [4.78, 5) is 32.4. The van der Waals surface area contributed by atoms with E-state index in [-0.39, 0.29) is 12.1 Å². The second-order valence-electron chi connectivity index (χ2n) is 2.63. The summed E-state index contributed by atoms with van der Waals surface area (Å²) >= 11 is 0. The Balaban J connectivity index is 3.21. The predicted molar refractivity (Wildman–Crippen MR) is 46.9 cm³/mol. The van der Waals surface area contributed by atoms with Crippen LogP contribution < -0.4 is 11.3 Å². The number of carbonyl (C=O) groups is 2. The summed E-state index contributed by atoms with van der Waals surface area (Å²) in [6.07, 6.45) is 1.31. The van der Waals surface area contributed by atoms with Crippen molar-refractivity contribution in [2.24, 2.45) is 5.73 Å². The molecule has 1 rings (SSSR count). The average Bonchev–Trinajstić information content (AvgIpc) is 2.07. The molecule has 0 radical (unpaired) electrons. The minimum atomic E-state index is -1.33. The smallest absolute Gasteiger partial charge is 0.341 e. The Kier molecular flexibility index (Phi) is 2.66. The number of carboxylic acid groups (broad SMARTS) is 1. The third kappa shape index (κ3) is 1.98. The lowest BCUT2D eigenvalue weighted by Gasteiger charge is -2.02. The Morgan fingerprint density at radius 1 is 1.50 bits per heavy atom. The number of pyridine rings is 1. The quantitative estimate of drug-likeness (QED) is 0.649. The molecule has 14 heavy (non-hydrogen) atoms. The van der Waals surface area contributed by atoms with E-state index in [1.807, 2.05) is 0 Å². The Hall–Kier alpha value is -2.11. The van der Waals surface area contributed by atoms with Gasteiger partial charge in [0, 0.05) is 6.20 Å². The zero-order chi connectivity index (χ0) is 10.7. The van der Waals surface area contributed by atoms with Crippen molar-refractivity contribution in [3.05, 3.63) is 34.2 Å². The number of aromatic carboxylic acids is 1. The third-order valence-corrected chi connectivity index (χ3v) is 1.58. The van der Waals surface area contributed by atoms with Crippen molar-refractivity contribution in [1.82, 2.24) is 4.57 Å². The number of rotatable bonds is 3. The Bertz CT molecular complexity index is 435. The normalized spacial score (nSPS) is 9.71. The average molecular weight is 196 g/mol. The predicted octanol–water partition coefficient (Wildman–Crippen LogP) is -0.968. The summed E-state index contributed by atoms with van der Waals surface area (Å²) in [5.41, 5.74) is 3.76. The molecule has 74 valence electrons. The minimum Gasteiger partial charge on any atom is -0.477 e. The highest BCUT2D eigenvalue weighted by Gasteiger charge is 2.10. The molecule has 1 aromatic rings. The van der Waals surface area contributed by atoms with Crippen molar-refractivity contribution in [3.8, 4) is 0 Å². The first kappa shape index (κ1) is 9.97. The molecule has 3 N–H and O–H groups in total. The number of aromatic nitrogens is 1. The van der Waals surface area contributed by atoms with Gasteiger partial charge in [0.2, 0.25) is 5.91 Å². The van der Waals surface area contributed by atoms with E-state index in [9.17, 15) is 14.4 Å². The van der Waals surface area contributed by atoms with E-state index >= 15 is 0 Å². The molecule has 0 aliphatic carbocycles. The molecule has 1 amide bonds. The molecule has 1 aromatic heterocycles. The van der Waals surface area contributed by atoms with Crippen LogP contribution in [0.25, 0.3) is 0 Å². The van der Waals surface area contributed by atoms with E-state index in [0.717, 1.165) is 4.57 Å². The summed E-state index contributed by atoms with van der Waals surface area (Å²) < 4.78 is 0.950. The van der Waals surface area contributed by atoms with Crippen molar-refractivity contribution < 1.29 is 14.7 Å². The highest BCUT2D eigenvalue weighted by atomic mass is 16.4. The molecule has 0 spiro atoms. The fourth-order valence-electron chi connectivity index (χ4n) is 0.992. The van der Waals surface area contributed by atoms with Gasteiger partial charge >= 0.3 is 5.97 Å². The van der Waals surface area contributed by atoms with Gasteiger partial charge in [0.15, 0.2) is 0 Å². The first-order valence-corrected chi connectivity index (χ1v) is 3.73. The van der Waals surface area contributed by atoms with Gasteiger partial charge in [0.25, 0.3) is 5.56 Å². The van der Waals surface area contributed by atoms with Gasteiger partial charge in [-0.2, -0.15) is 0 Å². The molecule has 0 fully saturated rings. The number of carbonyl (C=O) groups excluding carboxylic acids is 1. The van der Waals surface area contributed by atoms with E-state index in [2.05, 4.69) is 0 Å². The first-order chi connectivity index (χ1) is 6.52. The number of amides is 1. The van der Waals surface area contributed by atoms with Crippen LogP contribution in [-0.2, 0) is 11.3 Å². The second-order valence-corrected chi connectivity index (χ2v) is 2.63. The summed E-state index contributed by atoms with van der Waals surface area (Å²) in [5.74, 6) is -2.02. The molecule has 0 saturated carbocycles. The largest absolute Gasteiger partial charge is 0.477 e. The number of primary amides is 1. The second kappa shape index (κ2) is 3.73. The Morgan fingerprint density at radius 3 is 2.64 bits per heavy atom. The maximum Gasteiger partial charge on any atom is 0.341 e. The van der Waals surface area contributed by atoms with Gasteiger partial charge in [-0.05, 0) is 12.1 Å². The van der Waals surface area contributed by atoms with Crippen molar-refractivity contribution >= 4 is 11.9 Å². The maximum atomic E-state index is 11.3. The highest BCUT2D eigenvalue weighted by Crippen LogP contribution is 1.91. The standard InChI is InChI=1S/C8H8N2O4/c9-6(11)4-10-3-1-2-5(7(10)12)8(13)14/h1-3H,4H2,(H2,9,11)(H,13,14). The molecule has 6 heteroatoms. The topological polar surface area (TPSA) is 102 Å². The fraction of sp³-hybridized carbons (Fsp3) is 0.125. The maximum absolute atomic E-state index is 11.3. The molecule has 0 aliphatic heterocycles. The Labute approximate surface area is 78.6 Å². The van der Waals surface area contributed by atoms with Gasteiger partial charge in [-0.1, -0.05) is 0 Å². The zero-order valence-corrected chi connectivity index (χ0v) is 7.14. The van der Waals surface area contributed by atoms with Crippen LogP contribution in [0.15, 0.2) is 23.1 Å². The summed E-state index contributed by atoms with van der Waals surface area (Å²) in [7, 11) is 0. The van der Waals surface area contributed by atoms with Crippen LogP contribution in [0.1, 0.15) is 10.4 Å². The molecule has 0 aliphatic rings. The van der Waals surface area contributed by atoms with Crippen LogP contribution in [0.2, 0.25) is 0 Å². The summed E-state index contributed by atoms with van der Waals surface area (Å²) in [6, 6.07) is 2.54. The minimum absolute atomic E-state index is 0.319. The number of nitrogens with zero attached hydrogens (tertiary/aromatic N) is 1. The van der Waals surface area contributed by atoms with E-state index in [1.165, 1.54) is 18.3 Å². The van der Waals surface area contributed by atoms with E-state index < -0.39 is 17.4 Å². The van der Waals surface area contributed by atoms with Gasteiger partial charge in [0.1, 0.15) is 12.1 Å². The molecular formula is C8H8N2O4. The molecule has 0 unspecified atom stereocenters. The van der Waals surface area contributed by atoms with Gasteiger partial charge in [-0.3, -0.25) is 9.59 Å². The first-order valence-electron chi connectivity index (χ1n) is 3.73. The lowest BCUT2D eigenvalue weighted by Crippen LogP contribution is -2.30. The molecule has 6 nitrogen and oxygen atoms in total. The lowest BCUT2D eigenvalue weighted by atomic mass is 10.3. The number of hydrogen-bond acceptors (Lipinski definition) is 3. The number of nitrogens with two attached hydrogens (primary N) is 1. The Morgan fingerprint density at radius 2 is 2.14 bits per heavy atom. The summed E-state index contributed by atoms with van der Waals surface area (Å²) in [5, 5.41) is 8.59. The van der Waals surface area contributed by atoms with Crippen molar-refractivity contribution in [1.29, 1.82) is 0 Å². The molecule has 1 heterocycles. The monoisotopic (exact) mass is 196 g/mol. The van der Waals surface area contributed by atoms with Crippen LogP contribution >= 0.6 is 0 Å². The van der Waals surface area contributed by atoms with Gasteiger partial charge in [-0.15, -0.1) is 0 Å². The van der Waals surface area contributed by atoms with E-state index in [1.54, 1.807) is 0 Å². The van der Waals surface area contributed by atoms with Crippen molar-refractivity contribution in [2.45, 2.75) is 6.54 Å². The van der Waals surface area contributed by atoms with Gasteiger partial charge in [0.05, 0.1) is 0 Å². The molecule has 0 bridgehead atoms. The molecule has 0 aromatic carbocycles. The molecule has 0 atom stereocenters. The van der Waals surface area contributed by atoms with Crippen molar-refractivity contribution in [2.75, 3.05) is 0 Å². The van der Waals surface area contributed by atoms with Gasteiger partial charge < -0.3 is 15.4 Å².